The van der Waals surface area contributed by atoms with Gasteiger partial charge in [-0.2, -0.15) is 13.2 Å². The Morgan fingerprint density at radius 1 is 0.895 bits per heavy atom. The van der Waals surface area contributed by atoms with Crippen LogP contribution in [-0.4, -0.2) is 16.9 Å². The summed E-state index contributed by atoms with van der Waals surface area (Å²) >= 11 is 0. The van der Waals surface area contributed by atoms with Gasteiger partial charge in [-0.25, -0.2) is 4.79 Å². The van der Waals surface area contributed by atoms with Gasteiger partial charge in [0.25, 0.3) is 5.91 Å². The third kappa shape index (κ3) is 5.70. The number of aromatic nitrogens is 1. The van der Waals surface area contributed by atoms with Crippen LogP contribution in [0.15, 0.2) is 85.1 Å². The van der Waals surface area contributed by atoms with Crippen molar-refractivity contribution in [2.75, 3.05) is 16.0 Å². The first-order chi connectivity index (χ1) is 18.2. The predicted molar refractivity (Wildman–Crippen MR) is 141 cm³/mol. The fourth-order valence-electron chi connectivity index (χ4n) is 4.06. The maximum absolute atomic E-state index is 12.9. The number of carbonyl (C=O) groups is 2. The number of urea groups is 1. The Hall–Kier alpha value is -4.99. The molecule has 0 unspecified atom stereocenters. The molecule has 3 aromatic carbocycles. The van der Waals surface area contributed by atoms with E-state index in [1.807, 2.05) is 36.4 Å². The summed E-state index contributed by atoms with van der Waals surface area (Å²) in [5.74, 6) is -0.186. The van der Waals surface area contributed by atoms with Crippen molar-refractivity contribution < 1.29 is 22.8 Å². The fourth-order valence-corrected chi connectivity index (χ4v) is 4.06. The number of alkyl halides is 3. The van der Waals surface area contributed by atoms with Crippen molar-refractivity contribution in [1.29, 1.82) is 0 Å². The summed E-state index contributed by atoms with van der Waals surface area (Å²) in [6.07, 6.45) is -0.866. The van der Waals surface area contributed by atoms with Gasteiger partial charge in [-0.05, 0) is 66.2 Å². The van der Waals surface area contributed by atoms with Gasteiger partial charge in [-0.1, -0.05) is 24.3 Å². The Morgan fingerprint density at radius 2 is 1.68 bits per heavy atom. The van der Waals surface area contributed by atoms with Crippen molar-refractivity contribution in [3.63, 3.8) is 0 Å². The predicted octanol–water partition coefficient (Wildman–Crippen LogP) is 6.59. The van der Waals surface area contributed by atoms with Gasteiger partial charge in [0.2, 0.25) is 0 Å². The Labute approximate surface area is 215 Å². The molecule has 7 nitrogen and oxygen atoms in total. The number of nitrogens with one attached hydrogen (secondary N) is 5. The number of hydrogen-bond donors (Lipinski definition) is 5. The van der Waals surface area contributed by atoms with Gasteiger partial charge in [0.15, 0.2) is 0 Å². The van der Waals surface area contributed by atoms with Crippen LogP contribution >= 0.6 is 0 Å². The minimum atomic E-state index is -4.45. The summed E-state index contributed by atoms with van der Waals surface area (Å²) in [6, 6.07) is 20.5. The molecule has 0 aliphatic carbocycles. The molecule has 0 saturated carbocycles. The molecule has 0 saturated heterocycles. The van der Waals surface area contributed by atoms with E-state index in [9.17, 15) is 22.8 Å². The van der Waals surface area contributed by atoms with Gasteiger partial charge in [0, 0.05) is 41.1 Å². The van der Waals surface area contributed by atoms with E-state index >= 15 is 0 Å². The minimum absolute atomic E-state index is 0.0607. The van der Waals surface area contributed by atoms with E-state index < -0.39 is 17.8 Å². The summed E-state index contributed by atoms with van der Waals surface area (Å²) in [5.41, 5.74) is 4.34. The average molecular weight is 518 g/mol. The second-order valence-electron chi connectivity index (χ2n) is 8.61. The highest BCUT2D eigenvalue weighted by molar-refractivity contribution is 6.35. The molecule has 38 heavy (non-hydrogen) atoms. The van der Waals surface area contributed by atoms with Crippen LogP contribution in [0, 0.1) is 0 Å². The van der Waals surface area contributed by atoms with E-state index in [-0.39, 0.29) is 12.5 Å². The van der Waals surface area contributed by atoms with Crippen LogP contribution < -0.4 is 21.3 Å². The largest absolute Gasteiger partial charge is 0.416 e. The van der Waals surface area contributed by atoms with Crippen LogP contribution in [0.3, 0.4) is 0 Å². The van der Waals surface area contributed by atoms with E-state index in [2.05, 4.69) is 26.3 Å². The van der Waals surface area contributed by atoms with Crippen molar-refractivity contribution in [3.8, 4) is 0 Å². The highest BCUT2D eigenvalue weighted by Gasteiger charge is 2.30. The molecular weight excluding hydrogens is 495 g/mol. The number of rotatable bonds is 6. The first-order valence-corrected chi connectivity index (χ1v) is 11.6. The van der Waals surface area contributed by atoms with Crippen LogP contribution in [0.25, 0.3) is 11.6 Å². The summed E-state index contributed by atoms with van der Waals surface area (Å²) in [4.78, 5) is 27.9. The van der Waals surface area contributed by atoms with E-state index in [1.54, 1.807) is 30.5 Å². The fraction of sp³-hybridized carbons (Fsp3) is 0.0714. The van der Waals surface area contributed by atoms with Crippen molar-refractivity contribution in [1.82, 2.24) is 10.3 Å². The molecule has 0 fully saturated rings. The lowest BCUT2D eigenvalue weighted by Gasteiger charge is -2.12. The quantitative estimate of drug-likeness (QED) is 0.187. The number of amides is 3. The molecule has 0 radical (unpaired) electrons. The van der Waals surface area contributed by atoms with Crippen LogP contribution in [-0.2, 0) is 17.5 Å². The Balaban J connectivity index is 1.22. The standard InChI is InChI=1S/C28H22F3N5O2/c29-28(30,31)18-5-1-4-17(12-18)16-33-27(38)35-21-7-2-6-20(13-21)34-22-9-10-23-24(14-19-8-3-11-32-19)26(37)36-25(23)15-22/h1-15,32,34H,16H2,(H,36,37)(H2,33,35,38). The van der Waals surface area contributed by atoms with E-state index in [1.165, 1.54) is 12.1 Å². The van der Waals surface area contributed by atoms with E-state index in [4.69, 9.17) is 0 Å². The van der Waals surface area contributed by atoms with Crippen molar-refractivity contribution in [3.05, 3.63) is 107 Å². The van der Waals surface area contributed by atoms with Gasteiger partial charge in [-0.3, -0.25) is 4.79 Å². The first-order valence-electron chi connectivity index (χ1n) is 11.6. The molecule has 5 N–H and O–H groups in total. The lowest BCUT2D eigenvalue weighted by molar-refractivity contribution is -0.137. The zero-order chi connectivity index (χ0) is 26.7. The zero-order valence-corrected chi connectivity index (χ0v) is 19.8. The molecule has 5 rings (SSSR count). The second-order valence-corrected chi connectivity index (χ2v) is 8.61. The van der Waals surface area contributed by atoms with Crippen molar-refractivity contribution in [2.45, 2.75) is 12.7 Å². The highest BCUT2D eigenvalue weighted by Crippen LogP contribution is 2.36. The maximum Gasteiger partial charge on any atom is 0.416 e. The average Bonchev–Trinajstić information content (AvgIpc) is 3.50. The summed E-state index contributed by atoms with van der Waals surface area (Å²) in [5, 5.41) is 11.4. The number of carbonyl (C=O) groups excluding carboxylic acids is 2. The van der Waals surface area contributed by atoms with E-state index in [0.29, 0.717) is 28.2 Å². The molecule has 0 bridgehead atoms. The number of H-pyrrole nitrogens is 1. The molecule has 2 heterocycles. The second kappa shape index (κ2) is 10.2. The molecule has 1 aliphatic heterocycles. The van der Waals surface area contributed by atoms with Gasteiger partial charge in [-0.15, -0.1) is 0 Å². The van der Waals surface area contributed by atoms with Crippen LogP contribution in [0.4, 0.5) is 40.7 Å². The molecular formula is C28H22F3N5O2. The molecule has 0 spiro atoms. The Morgan fingerprint density at radius 3 is 2.47 bits per heavy atom. The zero-order valence-electron chi connectivity index (χ0n) is 19.8. The lowest BCUT2D eigenvalue weighted by atomic mass is 10.1. The Kier molecular flexibility index (Phi) is 6.61. The lowest BCUT2D eigenvalue weighted by Crippen LogP contribution is -2.28. The molecule has 1 aromatic heterocycles. The van der Waals surface area contributed by atoms with Gasteiger partial charge < -0.3 is 26.3 Å². The van der Waals surface area contributed by atoms with E-state index in [0.717, 1.165) is 29.1 Å². The number of aromatic amines is 1. The van der Waals surface area contributed by atoms with Crippen LogP contribution in [0.5, 0.6) is 0 Å². The van der Waals surface area contributed by atoms with Crippen molar-refractivity contribution in [2.24, 2.45) is 0 Å². The third-order valence-corrected chi connectivity index (χ3v) is 5.84. The van der Waals surface area contributed by atoms with Gasteiger partial charge >= 0.3 is 12.2 Å². The highest BCUT2D eigenvalue weighted by atomic mass is 19.4. The Bertz CT molecular complexity index is 1530. The molecule has 0 atom stereocenters. The molecule has 192 valence electrons. The third-order valence-electron chi connectivity index (χ3n) is 5.84. The monoisotopic (exact) mass is 517 g/mol. The number of halogens is 3. The normalized spacial score (nSPS) is 13.7. The summed E-state index contributed by atoms with van der Waals surface area (Å²) < 4.78 is 38.7. The first kappa shape index (κ1) is 24.7. The van der Waals surface area contributed by atoms with Crippen LogP contribution in [0.1, 0.15) is 22.4 Å². The molecule has 10 heteroatoms. The minimum Gasteiger partial charge on any atom is -0.362 e. The number of hydrogen-bond acceptors (Lipinski definition) is 3. The smallest absolute Gasteiger partial charge is 0.362 e. The van der Waals surface area contributed by atoms with Crippen molar-refractivity contribution >= 4 is 46.3 Å². The summed E-state index contributed by atoms with van der Waals surface area (Å²) in [7, 11) is 0. The molecule has 1 aliphatic rings. The topological polar surface area (TPSA) is 98.0 Å². The van der Waals surface area contributed by atoms with Gasteiger partial charge in [0.1, 0.15) is 0 Å². The van der Waals surface area contributed by atoms with Gasteiger partial charge in [0.05, 0.1) is 16.8 Å². The number of benzene rings is 3. The SMILES string of the molecule is O=C(NCc1cccc(C(F)(F)F)c1)Nc1cccc(Nc2ccc3c(c2)NC(=O)C3=Cc2ccc[nH]2)c1. The molecule has 3 amide bonds. The van der Waals surface area contributed by atoms with Crippen LogP contribution in [0.2, 0.25) is 0 Å². The maximum atomic E-state index is 12.9. The summed E-state index contributed by atoms with van der Waals surface area (Å²) in [6.45, 7) is -0.0607. The molecule has 4 aromatic rings. The number of fused-ring (bicyclic) bond motifs is 1. The number of anilines is 4.